The minimum Gasteiger partial charge on any atom is -0.323 e. The second-order valence-electron chi connectivity index (χ2n) is 8.38. The Hall–Kier alpha value is -2.37. The van der Waals surface area contributed by atoms with E-state index >= 15 is 0 Å². The minimum absolute atomic E-state index is 0.680. The van der Waals surface area contributed by atoms with E-state index in [1.165, 1.54) is 11.1 Å². The molecule has 5 nitrogen and oxygen atoms in total. The third-order valence-corrected chi connectivity index (χ3v) is 6.33. The van der Waals surface area contributed by atoms with Gasteiger partial charge in [0.2, 0.25) is 0 Å². The van der Waals surface area contributed by atoms with Crippen LogP contribution in [0.3, 0.4) is 0 Å². The summed E-state index contributed by atoms with van der Waals surface area (Å²) in [6, 6.07) is 10.2. The van der Waals surface area contributed by atoms with E-state index < -0.39 is 5.54 Å². The predicted octanol–water partition coefficient (Wildman–Crippen LogP) is 5.17. The van der Waals surface area contributed by atoms with Crippen molar-refractivity contribution in [3.05, 3.63) is 69.6 Å². The molecule has 2 aromatic heterocycles. The molecule has 0 radical (unpaired) electrons. The fourth-order valence-electron chi connectivity index (χ4n) is 4.94. The summed E-state index contributed by atoms with van der Waals surface area (Å²) in [4.78, 5) is 6.90. The van der Waals surface area contributed by atoms with E-state index in [1.54, 1.807) is 0 Å². The van der Waals surface area contributed by atoms with Crippen LogP contribution in [0.4, 0.5) is 11.5 Å². The van der Waals surface area contributed by atoms with E-state index in [1.807, 2.05) is 42.2 Å². The molecule has 0 amide bonds. The normalized spacial score (nSPS) is 15.7. The number of nitrogens with zero attached hydrogens (tertiary/aromatic N) is 4. The first-order chi connectivity index (χ1) is 14.4. The van der Waals surface area contributed by atoms with Gasteiger partial charge in [-0.25, -0.2) is 0 Å². The molecule has 0 aliphatic carbocycles. The number of hydrogen-bond donors (Lipinski definition) is 1. The van der Waals surface area contributed by atoms with E-state index in [0.717, 1.165) is 65.7 Å². The lowest BCUT2D eigenvalue weighted by Gasteiger charge is -2.33. The maximum Gasteiger partial charge on any atom is 0.158 e. The van der Waals surface area contributed by atoms with Crippen LogP contribution in [-0.2, 0) is 19.0 Å². The van der Waals surface area contributed by atoms with Crippen LogP contribution < -0.4 is 10.6 Å². The molecule has 0 fully saturated rings. The second-order valence-corrected chi connectivity index (χ2v) is 8.79. The molecule has 0 saturated heterocycles. The van der Waals surface area contributed by atoms with Crippen LogP contribution >= 0.6 is 11.6 Å². The maximum absolute atomic E-state index is 7.12. The summed E-state index contributed by atoms with van der Waals surface area (Å²) in [5, 5.41) is 5.73. The number of anilines is 2. The van der Waals surface area contributed by atoms with Gasteiger partial charge in [-0.15, -0.1) is 0 Å². The zero-order valence-electron chi connectivity index (χ0n) is 18.2. The molecule has 0 saturated carbocycles. The van der Waals surface area contributed by atoms with Gasteiger partial charge in [-0.1, -0.05) is 37.1 Å². The Morgan fingerprint density at radius 2 is 2.03 bits per heavy atom. The van der Waals surface area contributed by atoms with Crippen LogP contribution in [0, 0.1) is 13.8 Å². The summed E-state index contributed by atoms with van der Waals surface area (Å²) in [7, 11) is 2.00. The van der Waals surface area contributed by atoms with E-state index in [-0.39, 0.29) is 0 Å². The molecule has 1 aromatic carbocycles. The third-order valence-electron chi connectivity index (χ3n) is 6.05. The van der Waals surface area contributed by atoms with Gasteiger partial charge in [-0.2, -0.15) is 5.10 Å². The lowest BCUT2D eigenvalue weighted by molar-refractivity contribution is 0.432. The van der Waals surface area contributed by atoms with Gasteiger partial charge >= 0.3 is 0 Å². The van der Waals surface area contributed by atoms with Gasteiger partial charge in [-0.05, 0) is 62.4 Å². The van der Waals surface area contributed by atoms with Crippen molar-refractivity contribution in [1.82, 2.24) is 14.8 Å². The lowest BCUT2D eigenvalue weighted by Crippen LogP contribution is -2.41. The molecule has 3 aromatic rings. The van der Waals surface area contributed by atoms with Crippen molar-refractivity contribution >= 4 is 23.1 Å². The van der Waals surface area contributed by atoms with Crippen molar-refractivity contribution in [2.24, 2.45) is 12.8 Å². The lowest BCUT2D eigenvalue weighted by atomic mass is 9.83. The smallest absolute Gasteiger partial charge is 0.158 e. The second kappa shape index (κ2) is 8.05. The standard InChI is InChI=1S/C24H30ClN5/c1-5-11-24(26,20-10-6-7-12-27-20)22-18-9-8-13-30(23(18)28-29(22)4)21-17(3)14-16(2)15-19(21)25/h6-7,10,12,14-15H,5,8-9,11,13,26H2,1-4H3. The summed E-state index contributed by atoms with van der Waals surface area (Å²) in [6.45, 7) is 7.24. The van der Waals surface area contributed by atoms with Crippen molar-refractivity contribution in [3.63, 3.8) is 0 Å². The molecule has 1 aliphatic heterocycles. The van der Waals surface area contributed by atoms with E-state index in [0.29, 0.717) is 0 Å². The highest BCUT2D eigenvalue weighted by Crippen LogP contribution is 2.43. The Morgan fingerprint density at radius 1 is 1.23 bits per heavy atom. The summed E-state index contributed by atoms with van der Waals surface area (Å²) in [5.74, 6) is 0.967. The van der Waals surface area contributed by atoms with Crippen molar-refractivity contribution in [1.29, 1.82) is 0 Å². The number of aromatic nitrogens is 3. The number of benzene rings is 1. The Balaban J connectivity index is 1.89. The van der Waals surface area contributed by atoms with Crippen molar-refractivity contribution in [2.45, 2.75) is 52.0 Å². The Bertz CT molecular complexity index is 1040. The molecule has 6 heteroatoms. The molecule has 0 spiro atoms. The Kier molecular flexibility index (Phi) is 5.60. The van der Waals surface area contributed by atoms with Gasteiger partial charge in [0.25, 0.3) is 0 Å². The molecule has 0 bridgehead atoms. The first-order valence-corrected chi connectivity index (χ1v) is 11.1. The molecule has 30 heavy (non-hydrogen) atoms. The van der Waals surface area contributed by atoms with Gasteiger partial charge in [-0.3, -0.25) is 9.67 Å². The Morgan fingerprint density at radius 3 is 2.70 bits per heavy atom. The fourth-order valence-corrected chi connectivity index (χ4v) is 5.36. The molecule has 158 valence electrons. The summed E-state index contributed by atoms with van der Waals surface area (Å²) >= 11 is 6.71. The van der Waals surface area contributed by atoms with Crippen LogP contribution in [0.25, 0.3) is 0 Å². The summed E-state index contributed by atoms with van der Waals surface area (Å²) in [5.41, 5.74) is 13.0. The highest BCUT2D eigenvalue weighted by atomic mass is 35.5. The number of hydrogen-bond acceptors (Lipinski definition) is 4. The molecule has 1 unspecified atom stereocenters. The molecular weight excluding hydrogens is 394 g/mol. The highest BCUT2D eigenvalue weighted by molar-refractivity contribution is 6.33. The average Bonchev–Trinajstić information content (AvgIpc) is 3.05. The molecule has 1 atom stereocenters. The number of rotatable bonds is 5. The zero-order chi connectivity index (χ0) is 21.5. The SMILES string of the molecule is CCCC(N)(c1ccccn1)c1c2c(nn1C)N(c1c(C)cc(C)cc1Cl)CCC2. The van der Waals surface area contributed by atoms with E-state index in [4.69, 9.17) is 22.4 Å². The van der Waals surface area contributed by atoms with Gasteiger partial charge in [0, 0.05) is 25.4 Å². The molecule has 4 rings (SSSR count). The van der Waals surface area contributed by atoms with Gasteiger partial charge in [0.15, 0.2) is 5.82 Å². The van der Waals surface area contributed by atoms with Crippen LogP contribution in [0.5, 0.6) is 0 Å². The number of nitrogens with two attached hydrogens (primary N) is 1. The minimum atomic E-state index is -0.680. The quantitative estimate of drug-likeness (QED) is 0.614. The number of pyridine rings is 1. The first kappa shape index (κ1) is 20.9. The number of aryl methyl sites for hydroxylation is 3. The van der Waals surface area contributed by atoms with Crippen LogP contribution in [-0.4, -0.2) is 21.3 Å². The predicted molar refractivity (Wildman–Crippen MR) is 124 cm³/mol. The molecular formula is C24H30ClN5. The third kappa shape index (κ3) is 3.40. The topological polar surface area (TPSA) is 60.0 Å². The van der Waals surface area contributed by atoms with Gasteiger partial charge in [0.1, 0.15) is 5.54 Å². The average molecular weight is 424 g/mol. The fraction of sp³-hybridized carbons (Fsp3) is 0.417. The summed E-state index contributed by atoms with van der Waals surface area (Å²) in [6.07, 6.45) is 5.56. The number of fused-ring (bicyclic) bond motifs is 1. The molecule has 2 N–H and O–H groups in total. The van der Waals surface area contributed by atoms with Crippen molar-refractivity contribution in [2.75, 3.05) is 11.4 Å². The largest absolute Gasteiger partial charge is 0.323 e. The number of halogens is 1. The van der Waals surface area contributed by atoms with Crippen molar-refractivity contribution in [3.8, 4) is 0 Å². The van der Waals surface area contributed by atoms with E-state index in [2.05, 4.69) is 36.7 Å². The van der Waals surface area contributed by atoms with Crippen LogP contribution in [0.2, 0.25) is 5.02 Å². The first-order valence-electron chi connectivity index (χ1n) is 10.7. The van der Waals surface area contributed by atoms with Crippen LogP contribution in [0.15, 0.2) is 36.5 Å². The van der Waals surface area contributed by atoms with Crippen molar-refractivity contribution < 1.29 is 0 Å². The Labute approximate surface area is 183 Å². The van der Waals surface area contributed by atoms with E-state index in [9.17, 15) is 0 Å². The maximum atomic E-state index is 7.12. The monoisotopic (exact) mass is 423 g/mol. The molecule has 1 aliphatic rings. The van der Waals surface area contributed by atoms with Crippen LogP contribution in [0.1, 0.15) is 54.3 Å². The zero-order valence-corrected chi connectivity index (χ0v) is 19.0. The molecule has 3 heterocycles. The highest BCUT2D eigenvalue weighted by Gasteiger charge is 2.39. The summed E-state index contributed by atoms with van der Waals surface area (Å²) < 4.78 is 1.96. The van der Waals surface area contributed by atoms with Gasteiger partial charge < -0.3 is 10.6 Å². The van der Waals surface area contributed by atoms with Gasteiger partial charge in [0.05, 0.1) is 22.1 Å².